The Morgan fingerprint density at radius 3 is 2.83 bits per heavy atom. The molecule has 0 unspecified atom stereocenters. The number of aromatic nitrogens is 3. The number of nitrogens with zero attached hydrogens (tertiary/aromatic N) is 3. The molecule has 0 saturated carbocycles. The fourth-order valence-electron chi connectivity index (χ4n) is 2.27. The molecule has 0 bridgehead atoms. The Balaban J connectivity index is 1.83. The normalized spacial score (nSPS) is 10.5. The van der Waals surface area contributed by atoms with Crippen LogP contribution in [0.5, 0.6) is 5.88 Å². The Bertz CT molecular complexity index is 892. The maximum absolute atomic E-state index is 11.1. The summed E-state index contributed by atoms with van der Waals surface area (Å²) in [4.78, 5) is 15.2. The number of benzene rings is 1. The van der Waals surface area contributed by atoms with E-state index in [0.717, 1.165) is 11.1 Å². The average Bonchev–Trinajstić information content (AvgIpc) is 3.02. The minimum atomic E-state index is -1.02. The van der Waals surface area contributed by atoms with E-state index < -0.39 is 5.97 Å². The topological polar surface area (TPSA) is 77.2 Å². The highest BCUT2D eigenvalue weighted by atomic mass is 16.5. The molecule has 0 spiro atoms. The van der Waals surface area contributed by atoms with E-state index in [1.165, 1.54) is 23.0 Å². The van der Waals surface area contributed by atoms with Gasteiger partial charge in [-0.05, 0) is 30.2 Å². The quantitative estimate of drug-likeness (QED) is 0.724. The lowest BCUT2D eigenvalue weighted by atomic mass is 9.93. The molecule has 7 heteroatoms. The van der Waals surface area contributed by atoms with Crippen molar-refractivity contribution in [3.05, 3.63) is 65.5 Å². The average molecular weight is 319 g/mol. The van der Waals surface area contributed by atoms with Gasteiger partial charge in [-0.1, -0.05) is 23.7 Å². The summed E-state index contributed by atoms with van der Waals surface area (Å²) >= 11 is 0. The summed E-state index contributed by atoms with van der Waals surface area (Å²) in [5, 5.41) is 13.2. The van der Waals surface area contributed by atoms with Gasteiger partial charge >= 0.3 is 5.97 Å². The van der Waals surface area contributed by atoms with Crippen molar-refractivity contribution in [1.29, 1.82) is 0 Å². The highest BCUT2D eigenvalue weighted by molar-refractivity contribution is 6.32. The number of carbonyl (C=O) groups is 1. The summed E-state index contributed by atoms with van der Waals surface area (Å²) in [7, 11) is 5.75. The number of aryl methyl sites for hydroxylation is 1. The number of rotatable bonds is 5. The Labute approximate surface area is 140 Å². The SMILES string of the molecule is [B]c1ccc(COc2ccnn2-c2cc(C(=O)O)ccn2)c(C)c1. The van der Waals surface area contributed by atoms with Crippen LogP contribution in [-0.2, 0) is 6.61 Å². The van der Waals surface area contributed by atoms with Crippen molar-refractivity contribution in [1.82, 2.24) is 14.8 Å². The van der Waals surface area contributed by atoms with Crippen LogP contribution in [-0.4, -0.2) is 33.7 Å². The molecule has 0 aliphatic carbocycles. The van der Waals surface area contributed by atoms with Crippen molar-refractivity contribution >= 4 is 19.3 Å². The predicted octanol–water partition coefficient (Wildman–Crippen LogP) is 1.65. The smallest absolute Gasteiger partial charge is 0.335 e. The lowest BCUT2D eigenvalue weighted by Gasteiger charge is -2.11. The minimum Gasteiger partial charge on any atom is -0.478 e. The third-order valence-corrected chi connectivity index (χ3v) is 3.56. The molecule has 0 aliphatic rings. The molecule has 0 atom stereocenters. The first kappa shape index (κ1) is 15.8. The van der Waals surface area contributed by atoms with Crippen molar-refractivity contribution in [3.63, 3.8) is 0 Å². The Morgan fingerprint density at radius 1 is 1.25 bits per heavy atom. The second kappa shape index (κ2) is 6.58. The van der Waals surface area contributed by atoms with Crippen LogP contribution in [0.15, 0.2) is 48.8 Å². The summed E-state index contributed by atoms with van der Waals surface area (Å²) in [6.45, 7) is 2.31. The lowest BCUT2D eigenvalue weighted by molar-refractivity contribution is 0.0696. The van der Waals surface area contributed by atoms with Crippen LogP contribution in [0.3, 0.4) is 0 Å². The molecule has 0 aliphatic heterocycles. The summed E-state index contributed by atoms with van der Waals surface area (Å²) in [5.41, 5.74) is 2.88. The largest absolute Gasteiger partial charge is 0.478 e. The van der Waals surface area contributed by atoms with Gasteiger partial charge in [-0.15, -0.1) is 0 Å². The molecule has 3 rings (SSSR count). The zero-order valence-corrected chi connectivity index (χ0v) is 13.0. The molecule has 0 fully saturated rings. The van der Waals surface area contributed by atoms with E-state index >= 15 is 0 Å². The lowest BCUT2D eigenvalue weighted by Crippen LogP contribution is -2.09. The van der Waals surface area contributed by atoms with Gasteiger partial charge in [0.25, 0.3) is 0 Å². The number of carboxylic acids is 1. The maximum Gasteiger partial charge on any atom is 0.335 e. The van der Waals surface area contributed by atoms with Gasteiger partial charge in [-0.2, -0.15) is 9.78 Å². The van der Waals surface area contributed by atoms with E-state index in [1.807, 2.05) is 25.1 Å². The Kier molecular flexibility index (Phi) is 4.33. The molecule has 2 radical (unpaired) electrons. The first-order chi connectivity index (χ1) is 11.5. The standard InChI is InChI=1S/C17H14BN3O3/c1-11-8-14(18)3-2-13(11)10-24-16-5-7-20-21(16)15-9-12(17(22)23)4-6-19-15/h2-9H,10H2,1H3,(H,22,23). The second-order valence-corrected chi connectivity index (χ2v) is 5.26. The molecular formula is C17H14BN3O3. The zero-order valence-electron chi connectivity index (χ0n) is 13.0. The van der Waals surface area contributed by atoms with Gasteiger partial charge in [0.15, 0.2) is 5.82 Å². The number of carboxylic acid groups (broad SMARTS) is 1. The van der Waals surface area contributed by atoms with Gasteiger partial charge in [0.1, 0.15) is 14.5 Å². The van der Waals surface area contributed by atoms with Crippen molar-refractivity contribution in [2.24, 2.45) is 0 Å². The van der Waals surface area contributed by atoms with Gasteiger partial charge in [0, 0.05) is 12.3 Å². The Morgan fingerprint density at radius 2 is 2.08 bits per heavy atom. The van der Waals surface area contributed by atoms with Crippen molar-refractivity contribution < 1.29 is 14.6 Å². The summed E-state index contributed by atoms with van der Waals surface area (Å²) < 4.78 is 7.27. The van der Waals surface area contributed by atoms with Gasteiger partial charge in [-0.3, -0.25) is 0 Å². The molecule has 2 heterocycles. The van der Waals surface area contributed by atoms with E-state index in [1.54, 1.807) is 12.3 Å². The van der Waals surface area contributed by atoms with Gasteiger partial charge in [0.2, 0.25) is 5.88 Å². The maximum atomic E-state index is 11.1. The van der Waals surface area contributed by atoms with E-state index in [9.17, 15) is 4.79 Å². The highest BCUT2D eigenvalue weighted by Gasteiger charge is 2.11. The third kappa shape index (κ3) is 3.30. The molecule has 0 amide bonds. The molecule has 118 valence electrons. The number of pyridine rings is 1. The van der Waals surface area contributed by atoms with E-state index in [0.29, 0.717) is 23.8 Å². The first-order valence-corrected chi connectivity index (χ1v) is 7.26. The zero-order chi connectivity index (χ0) is 17.1. The van der Waals surface area contributed by atoms with Crippen LogP contribution >= 0.6 is 0 Å². The molecule has 24 heavy (non-hydrogen) atoms. The first-order valence-electron chi connectivity index (χ1n) is 7.26. The van der Waals surface area contributed by atoms with Crippen molar-refractivity contribution in [3.8, 4) is 11.7 Å². The molecule has 2 aromatic heterocycles. The minimum absolute atomic E-state index is 0.135. The Hall–Kier alpha value is -3.09. The van der Waals surface area contributed by atoms with Crippen LogP contribution < -0.4 is 10.2 Å². The molecule has 3 aromatic rings. The number of ether oxygens (including phenoxy) is 1. The van der Waals surface area contributed by atoms with Gasteiger partial charge in [0.05, 0.1) is 11.8 Å². The molecule has 1 aromatic carbocycles. The predicted molar refractivity (Wildman–Crippen MR) is 89.2 cm³/mol. The van der Waals surface area contributed by atoms with Gasteiger partial charge in [-0.25, -0.2) is 9.78 Å². The fourth-order valence-corrected chi connectivity index (χ4v) is 2.27. The molecule has 0 saturated heterocycles. The number of hydrogen-bond acceptors (Lipinski definition) is 4. The number of hydrogen-bond donors (Lipinski definition) is 1. The fraction of sp³-hybridized carbons (Fsp3) is 0.118. The number of aromatic carboxylic acids is 1. The highest BCUT2D eigenvalue weighted by Crippen LogP contribution is 2.18. The van der Waals surface area contributed by atoms with E-state index in [4.69, 9.17) is 17.7 Å². The molecule has 6 nitrogen and oxygen atoms in total. The van der Waals surface area contributed by atoms with Crippen molar-refractivity contribution in [2.75, 3.05) is 0 Å². The summed E-state index contributed by atoms with van der Waals surface area (Å²) in [6, 6.07) is 10.2. The van der Waals surface area contributed by atoms with Crippen LogP contribution in [0, 0.1) is 6.92 Å². The van der Waals surface area contributed by atoms with E-state index in [2.05, 4.69) is 10.1 Å². The van der Waals surface area contributed by atoms with Crippen LogP contribution in [0.4, 0.5) is 0 Å². The monoisotopic (exact) mass is 319 g/mol. The molecule has 1 N–H and O–H groups in total. The van der Waals surface area contributed by atoms with Crippen LogP contribution in [0.2, 0.25) is 0 Å². The van der Waals surface area contributed by atoms with Gasteiger partial charge < -0.3 is 9.84 Å². The van der Waals surface area contributed by atoms with Crippen LogP contribution in [0.1, 0.15) is 21.5 Å². The molecular weight excluding hydrogens is 305 g/mol. The van der Waals surface area contributed by atoms with Crippen LogP contribution in [0.25, 0.3) is 5.82 Å². The summed E-state index contributed by atoms with van der Waals surface area (Å²) in [6.07, 6.45) is 2.99. The van der Waals surface area contributed by atoms with E-state index in [-0.39, 0.29) is 5.56 Å². The summed E-state index contributed by atoms with van der Waals surface area (Å²) in [5.74, 6) is -0.170. The second-order valence-electron chi connectivity index (χ2n) is 5.26. The van der Waals surface area contributed by atoms with Crippen molar-refractivity contribution in [2.45, 2.75) is 13.5 Å². The third-order valence-electron chi connectivity index (χ3n) is 3.56.